The Balaban J connectivity index is 1.88. The van der Waals surface area contributed by atoms with Crippen molar-refractivity contribution >= 4 is 5.91 Å². The second kappa shape index (κ2) is 4.77. The maximum atomic E-state index is 11.5. The Hall–Kier alpha value is -0.870. The lowest BCUT2D eigenvalue weighted by atomic mass is 10.1. The first-order valence-corrected chi connectivity index (χ1v) is 5.51. The summed E-state index contributed by atoms with van der Waals surface area (Å²) >= 11 is 0. The quantitative estimate of drug-likeness (QED) is 0.674. The number of hydrogen-bond acceptors (Lipinski definition) is 3. The van der Waals surface area contributed by atoms with Crippen LogP contribution in [0.5, 0.6) is 0 Å². The van der Waals surface area contributed by atoms with Crippen LogP contribution in [0.1, 0.15) is 12.8 Å². The van der Waals surface area contributed by atoms with Gasteiger partial charge in [-0.05, 0) is 25.5 Å². The second-order valence-corrected chi connectivity index (χ2v) is 4.21. The predicted molar refractivity (Wildman–Crippen MR) is 57.6 cm³/mol. The molecule has 1 unspecified atom stereocenters. The van der Waals surface area contributed by atoms with Crippen molar-refractivity contribution in [1.82, 2.24) is 10.2 Å². The van der Waals surface area contributed by atoms with Gasteiger partial charge in [-0.1, -0.05) is 6.08 Å². The van der Waals surface area contributed by atoms with Crippen molar-refractivity contribution in [2.24, 2.45) is 0 Å². The number of carbonyl (C=O) groups excluding carboxylic acids is 1. The number of nitrogens with one attached hydrogen (secondary N) is 1. The molecule has 15 heavy (non-hydrogen) atoms. The molecule has 1 atom stereocenters. The van der Waals surface area contributed by atoms with Crippen LogP contribution in [0, 0.1) is 0 Å². The third-order valence-electron chi connectivity index (χ3n) is 2.99. The Morgan fingerprint density at radius 1 is 1.67 bits per heavy atom. The molecule has 0 saturated carbocycles. The minimum Gasteiger partial charge on any atom is -0.377 e. The fourth-order valence-corrected chi connectivity index (χ4v) is 2.15. The molecule has 1 fully saturated rings. The lowest BCUT2D eigenvalue weighted by molar-refractivity contribution is -0.123. The van der Waals surface area contributed by atoms with Crippen LogP contribution in [0.3, 0.4) is 0 Å². The molecule has 0 aromatic carbocycles. The topological polar surface area (TPSA) is 41.6 Å². The lowest BCUT2D eigenvalue weighted by Gasteiger charge is -2.24. The number of hydrogen-bond donors (Lipinski definition) is 1. The first-order chi connectivity index (χ1) is 7.27. The van der Waals surface area contributed by atoms with Gasteiger partial charge >= 0.3 is 0 Å². The van der Waals surface area contributed by atoms with Gasteiger partial charge < -0.3 is 10.1 Å². The Morgan fingerprint density at radius 3 is 3.13 bits per heavy atom. The van der Waals surface area contributed by atoms with Crippen molar-refractivity contribution in [2.45, 2.75) is 18.9 Å². The highest BCUT2D eigenvalue weighted by atomic mass is 16.5. The monoisotopic (exact) mass is 210 g/mol. The molecule has 2 aliphatic rings. The fraction of sp³-hybridized carbons (Fsp3) is 0.727. The summed E-state index contributed by atoms with van der Waals surface area (Å²) in [7, 11) is 2.00. The Morgan fingerprint density at radius 2 is 2.53 bits per heavy atom. The molecule has 0 bridgehead atoms. The van der Waals surface area contributed by atoms with Crippen molar-refractivity contribution in [1.29, 1.82) is 0 Å². The van der Waals surface area contributed by atoms with E-state index >= 15 is 0 Å². The molecule has 1 saturated heterocycles. The van der Waals surface area contributed by atoms with Crippen LogP contribution >= 0.6 is 0 Å². The van der Waals surface area contributed by atoms with Crippen LogP contribution in [0.25, 0.3) is 0 Å². The zero-order valence-electron chi connectivity index (χ0n) is 9.16. The van der Waals surface area contributed by atoms with E-state index < -0.39 is 0 Å². The number of amides is 1. The maximum Gasteiger partial charge on any atom is 0.237 e. The standard InChI is InChI=1S/C11H18N2O2/c1-13(10-4-5-12-11(10)14)7-9-3-2-6-15-8-9/h3,10H,2,4-8H2,1H3,(H,12,14). The summed E-state index contributed by atoms with van der Waals surface area (Å²) in [6.45, 7) is 3.21. The van der Waals surface area contributed by atoms with Crippen LogP contribution in [0.2, 0.25) is 0 Å². The molecule has 2 heterocycles. The summed E-state index contributed by atoms with van der Waals surface area (Å²) in [6.07, 6.45) is 4.15. The number of nitrogens with zero attached hydrogens (tertiary/aromatic N) is 1. The summed E-state index contributed by atoms with van der Waals surface area (Å²) in [4.78, 5) is 13.6. The van der Waals surface area contributed by atoms with Gasteiger partial charge in [0.1, 0.15) is 0 Å². The molecule has 1 amide bonds. The van der Waals surface area contributed by atoms with E-state index in [0.29, 0.717) is 0 Å². The Kier molecular flexibility index (Phi) is 3.38. The molecular formula is C11H18N2O2. The van der Waals surface area contributed by atoms with Crippen LogP contribution in [-0.4, -0.2) is 50.2 Å². The number of ether oxygens (including phenoxy) is 1. The molecule has 2 aliphatic heterocycles. The summed E-state index contributed by atoms with van der Waals surface area (Å²) in [5, 5.41) is 2.86. The van der Waals surface area contributed by atoms with Gasteiger partial charge in [-0.15, -0.1) is 0 Å². The zero-order chi connectivity index (χ0) is 10.7. The van der Waals surface area contributed by atoms with Gasteiger partial charge in [0, 0.05) is 13.1 Å². The molecule has 0 aromatic heterocycles. The van der Waals surface area contributed by atoms with Crippen molar-refractivity contribution in [3.63, 3.8) is 0 Å². The highest BCUT2D eigenvalue weighted by Gasteiger charge is 2.28. The first kappa shape index (κ1) is 10.6. The molecule has 1 N–H and O–H groups in total. The van der Waals surface area contributed by atoms with E-state index in [2.05, 4.69) is 16.3 Å². The zero-order valence-corrected chi connectivity index (χ0v) is 9.16. The van der Waals surface area contributed by atoms with Gasteiger partial charge in [0.05, 0.1) is 19.3 Å². The van der Waals surface area contributed by atoms with Crippen molar-refractivity contribution < 1.29 is 9.53 Å². The minimum absolute atomic E-state index is 0.0489. The largest absolute Gasteiger partial charge is 0.377 e. The van der Waals surface area contributed by atoms with E-state index in [-0.39, 0.29) is 11.9 Å². The SMILES string of the molecule is CN(CC1=CCCOC1)C1CCNC1=O. The average molecular weight is 210 g/mol. The van der Waals surface area contributed by atoms with E-state index in [0.717, 1.165) is 39.1 Å². The molecule has 0 spiro atoms. The minimum atomic E-state index is 0.0489. The van der Waals surface area contributed by atoms with Gasteiger partial charge in [0.25, 0.3) is 0 Å². The number of likely N-dealkylation sites (N-methyl/N-ethyl adjacent to an activating group) is 1. The van der Waals surface area contributed by atoms with Gasteiger partial charge in [-0.3, -0.25) is 9.69 Å². The van der Waals surface area contributed by atoms with Crippen molar-refractivity contribution in [3.8, 4) is 0 Å². The van der Waals surface area contributed by atoms with Crippen molar-refractivity contribution in [3.05, 3.63) is 11.6 Å². The summed E-state index contributed by atoms with van der Waals surface area (Å²) in [6, 6.07) is 0.0489. The van der Waals surface area contributed by atoms with Gasteiger partial charge in [-0.2, -0.15) is 0 Å². The van der Waals surface area contributed by atoms with Gasteiger partial charge in [-0.25, -0.2) is 0 Å². The third-order valence-corrected chi connectivity index (χ3v) is 2.99. The van der Waals surface area contributed by atoms with E-state index in [4.69, 9.17) is 4.74 Å². The van der Waals surface area contributed by atoms with Gasteiger partial charge in [0.2, 0.25) is 5.91 Å². The molecule has 0 aliphatic carbocycles. The van der Waals surface area contributed by atoms with E-state index in [1.165, 1.54) is 5.57 Å². The summed E-state index contributed by atoms with van der Waals surface area (Å²) in [5.74, 6) is 0.162. The summed E-state index contributed by atoms with van der Waals surface area (Å²) in [5.41, 5.74) is 1.29. The molecular weight excluding hydrogens is 192 g/mol. The molecule has 0 radical (unpaired) electrons. The highest BCUT2D eigenvalue weighted by Crippen LogP contribution is 2.12. The van der Waals surface area contributed by atoms with E-state index in [1.807, 2.05) is 7.05 Å². The van der Waals surface area contributed by atoms with Crippen molar-refractivity contribution in [2.75, 3.05) is 33.4 Å². The predicted octanol–water partition coefficient (Wildman–Crippen LogP) is 0.153. The molecule has 0 aromatic rings. The van der Waals surface area contributed by atoms with Crippen LogP contribution in [-0.2, 0) is 9.53 Å². The Bertz CT molecular complexity index is 276. The van der Waals surface area contributed by atoms with Gasteiger partial charge in [0.15, 0.2) is 0 Å². The first-order valence-electron chi connectivity index (χ1n) is 5.51. The van der Waals surface area contributed by atoms with E-state index in [1.54, 1.807) is 0 Å². The average Bonchev–Trinajstić information content (AvgIpc) is 2.66. The summed E-state index contributed by atoms with van der Waals surface area (Å²) < 4.78 is 5.38. The highest BCUT2D eigenvalue weighted by molar-refractivity contribution is 5.83. The third kappa shape index (κ3) is 2.58. The normalized spacial score (nSPS) is 26.7. The lowest BCUT2D eigenvalue weighted by Crippen LogP contribution is -2.39. The molecule has 4 nitrogen and oxygen atoms in total. The Labute approximate surface area is 90.3 Å². The van der Waals surface area contributed by atoms with Crippen LogP contribution < -0.4 is 5.32 Å². The maximum absolute atomic E-state index is 11.5. The number of rotatable bonds is 3. The molecule has 2 rings (SSSR count). The number of carbonyl (C=O) groups is 1. The molecule has 84 valence electrons. The van der Waals surface area contributed by atoms with Crippen LogP contribution in [0.4, 0.5) is 0 Å². The van der Waals surface area contributed by atoms with Crippen LogP contribution in [0.15, 0.2) is 11.6 Å². The van der Waals surface area contributed by atoms with E-state index in [9.17, 15) is 4.79 Å². The molecule has 4 heteroatoms. The smallest absolute Gasteiger partial charge is 0.237 e. The second-order valence-electron chi connectivity index (χ2n) is 4.21. The fourth-order valence-electron chi connectivity index (χ4n) is 2.15.